The molecule has 2 aromatic rings. The Morgan fingerprint density at radius 3 is 2.56 bits per heavy atom. The third-order valence-electron chi connectivity index (χ3n) is 2.53. The van der Waals surface area contributed by atoms with Gasteiger partial charge in [-0.3, -0.25) is 0 Å². The van der Waals surface area contributed by atoms with Gasteiger partial charge in [0.15, 0.2) is 0 Å². The fraction of sp³-hybridized carbons (Fsp3) is 0.167. The Morgan fingerprint density at radius 2 is 2.00 bits per heavy atom. The van der Waals surface area contributed by atoms with E-state index in [1.807, 2.05) is 31.3 Å². The van der Waals surface area contributed by atoms with E-state index in [2.05, 4.69) is 37.2 Å². The van der Waals surface area contributed by atoms with Crippen LogP contribution in [0.25, 0.3) is 0 Å². The zero-order valence-electron chi connectivity index (χ0n) is 9.31. The van der Waals surface area contributed by atoms with E-state index in [0.717, 1.165) is 28.7 Å². The van der Waals surface area contributed by atoms with Crippen molar-refractivity contribution >= 4 is 66.4 Å². The molecule has 96 valence electrons. The lowest BCUT2D eigenvalue weighted by Crippen LogP contribution is -2.16. The molecule has 1 unspecified atom stereocenters. The van der Waals surface area contributed by atoms with Gasteiger partial charge in [0.2, 0.25) is 0 Å². The first kappa shape index (κ1) is 14.8. The fourth-order valence-corrected chi connectivity index (χ4v) is 4.19. The molecule has 0 saturated heterocycles. The van der Waals surface area contributed by atoms with Crippen LogP contribution in [-0.4, -0.2) is 7.05 Å². The maximum absolute atomic E-state index is 6.34. The largest absolute Gasteiger partial charge is 0.309 e. The van der Waals surface area contributed by atoms with Crippen molar-refractivity contribution in [1.29, 1.82) is 0 Å². The average Bonchev–Trinajstić information content (AvgIpc) is 2.66. The highest BCUT2D eigenvalue weighted by atomic mass is 79.9. The van der Waals surface area contributed by atoms with Gasteiger partial charge < -0.3 is 5.32 Å². The zero-order valence-corrected chi connectivity index (χ0v) is 14.8. The molecule has 0 radical (unpaired) electrons. The van der Waals surface area contributed by atoms with Crippen LogP contribution in [0.4, 0.5) is 0 Å². The van der Waals surface area contributed by atoms with E-state index in [1.165, 1.54) is 0 Å². The number of hydrogen-bond acceptors (Lipinski definition) is 2. The van der Waals surface area contributed by atoms with E-state index in [0.29, 0.717) is 0 Å². The van der Waals surface area contributed by atoms with E-state index in [1.54, 1.807) is 11.3 Å². The van der Waals surface area contributed by atoms with Crippen molar-refractivity contribution < 1.29 is 0 Å². The van der Waals surface area contributed by atoms with Gasteiger partial charge in [-0.05, 0) is 56.6 Å². The average molecular weight is 430 g/mol. The Labute approximate surface area is 137 Å². The maximum atomic E-state index is 6.34. The third kappa shape index (κ3) is 2.94. The fourth-order valence-electron chi connectivity index (χ4n) is 1.70. The number of benzene rings is 1. The normalized spacial score (nSPS) is 12.7. The number of thiophene rings is 1. The molecule has 1 nitrogen and oxygen atoms in total. The summed E-state index contributed by atoms with van der Waals surface area (Å²) in [6.07, 6.45) is 0. The second kappa shape index (κ2) is 6.25. The summed E-state index contributed by atoms with van der Waals surface area (Å²) in [4.78, 5) is 1.12. The van der Waals surface area contributed by atoms with Gasteiger partial charge in [0.25, 0.3) is 0 Å². The second-order valence-corrected chi connectivity index (χ2v) is 7.68. The summed E-state index contributed by atoms with van der Waals surface area (Å²) in [5.41, 5.74) is 1.03. The van der Waals surface area contributed by atoms with Gasteiger partial charge >= 0.3 is 0 Å². The molecule has 1 heterocycles. The molecule has 0 aliphatic carbocycles. The van der Waals surface area contributed by atoms with Crippen LogP contribution < -0.4 is 5.32 Å². The van der Waals surface area contributed by atoms with Crippen LogP contribution in [0.15, 0.2) is 32.5 Å². The van der Waals surface area contributed by atoms with Crippen LogP contribution in [0.2, 0.25) is 10.0 Å². The van der Waals surface area contributed by atoms with Crippen LogP contribution >= 0.6 is 66.4 Å². The first-order chi connectivity index (χ1) is 8.54. The van der Waals surface area contributed by atoms with Gasteiger partial charge in [0.05, 0.1) is 19.9 Å². The van der Waals surface area contributed by atoms with E-state index < -0.39 is 0 Å². The van der Waals surface area contributed by atoms with Gasteiger partial charge in [-0.15, -0.1) is 11.3 Å². The Balaban J connectivity index is 2.48. The van der Waals surface area contributed by atoms with Gasteiger partial charge in [0.1, 0.15) is 0 Å². The van der Waals surface area contributed by atoms with E-state index >= 15 is 0 Å². The van der Waals surface area contributed by atoms with Crippen molar-refractivity contribution in [1.82, 2.24) is 5.32 Å². The molecule has 1 aromatic heterocycles. The predicted molar refractivity (Wildman–Crippen MR) is 87.1 cm³/mol. The van der Waals surface area contributed by atoms with E-state index in [9.17, 15) is 0 Å². The third-order valence-corrected chi connectivity index (χ3v) is 6.38. The summed E-state index contributed by atoms with van der Waals surface area (Å²) in [5, 5.41) is 4.71. The molecular formula is C12H9Br2Cl2NS. The SMILES string of the molecule is CNC(c1cc(Cl)c(Br)s1)c1cccc(Br)c1Cl. The predicted octanol–water partition coefficient (Wildman–Crippen LogP) is 5.89. The molecule has 0 saturated carbocycles. The molecule has 1 aromatic carbocycles. The van der Waals surface area contributed by atoms with Gasteiger partial charge in [-0.1, -0.05) is 35.3 Å². The topological polar surface area (TPSA) is 12.0 Å². The van der Waals surface area contributed by atoms with Crippen LogP contribution in [0.1, 0.15) is 16.5 Å². The van der Waals surface area contributed by atoms with Crippen LogP contribution in [0, 0.1) is 0 Å². The Kier molecular flexibility index (Phi) is 5.14. The summed E-state index contributed by atoms with van der Waals surface area (Å²) < 4.78 is 1.83. The molecule has 2 rings (SSSR count). The summed E-state index contributed by atoms with van der Waals surface area (Å²) >= 11 is 20.9. The highest BCUT2D eigenvalue weighted by molar-refractivity contribution is 9.11. The smallest absolute Gasteiger partial charge is 0.0888 e. The van der Waals surface area contributed by atoms with E-state index in [-0.39, 0.29) is 6.04 Å². The van der Waals surface area contributed by atoms with Gasteiger partial charge in [-0.2, -0.15) is 0 Å². The monoisotopic (exact) mass is 427 g/mol. The minimum Gasteiger partial charge on any atom is -0.309 e. The molecule has 0 spiro atoms. The molecule has 0 amide bonds. The Hall–Kier alpha value is 0.420. The summed E-state index contributed by atoms with van der Waals surface area (Å²) in [7, 11) is 1.91. The summed E-state index contributed by atoms with van der Waals surface area (Å²) in [6.45, 7) is 0. The first-order valence-corrected chi connectivity index (χ1v) is 8.26. The van der Waals surface area contributed by atoms with Gasteiger partial charge in [-0.25, -0.2) is 0 Å². The van der Waals surface area contributed by atoms with Crippen molar-refractivity contribution in [3.8, 4) is 0 Å². The molecule has 1 atom stereocenters. The van der Waals surface area contributed by atoms with E-state index in [4.69, 9.17) is 23.2 Å². The number of nitrogens with one attached hydrogen (secondary N) is 1. The molecule has 0 bridgehead atoms. The molecule has 6 heteroatoms. The molecule has 18 heavy (non-hydrogen) atoms. The van der Waals surface area contributed by atoms with Crippen molar-refractivity contribution in [2.75, 3.05) is 7.05 Å². The standard InChI is InChI=1S/C12H9Br2Cl2NS/c1-17-11(9-5-8(15)12(14)18-9)6-3-2-4-7(13)10(6)16/h2-5,11,17H,1H3. The lowest BCUT2D eigenvalue weighted by molar-refractivity contribution is 0.704. The minimum absolute atomic E-state index is 0.0313. The highest BCUT2D eigenvalue weighted by Gasteiger charge is 2.19. The van der Waals surface area contributed by atoms with Crippen molar-refractivity contribution in [2.24, 2.45) is 0 Å². The van der Waals surface area contributed by atoms with Crippen molar-refractivity contribution in [2.45, 2.75) is 6.04 Å². The quantitative estimate of drug-likeness (QED) is 0.641. The Bertz CT molecular complexity index is 552. The van der Waals surface area contributed by atoms with Crippen LogP contribution in [-0.2, 0) is 0 Å². The zero-order chi connectivity index (χ0) is 13.3. The van der Waals surface area contributed by atoms with Crippen molar-refractivity contribution in [3.05, 3.63) is 53.0 Å². The highest BCUT2D eigenvalue weighted by Crippen LogP contribution is 2.40. The molecule has 1 N–H and O–H groups in total. The van der Waals surface area contributed by atoms with Gasteiger partial charge in [0, 0.05) is 9.35 Å². The number of halogens is 4. The summed E-state index contributed by atoms with van der Waals surface area (Å²) in [6, 6.07) is 7.89. The van der Waals surface area contributed by atoms with Crippen LogP contribution in [0.5, 0.6) is 0 Å². The molecular weight excluding hydrogens is 421 g/mol. The molecule has 0 aliphatic rings. The lowest BCUT2D eigenvalue weighted by atomic mass is 10.1. The Morgan fingerprint density at radius 1 is 1.28 bits per heavy atom. The second-order valence-electron chi connectivity index (χ2n) is 3.64. The van der Waals surface area contributed by atoms with Crippen molar-refractivity contribution in [3.63, 3.8) is 0 Å². The number of rotatable bonds is 3. The molecule has 0 fully saturated rings. The minimum atomic E-state index is 0.0313. The molecule has 0 aliphatic heterocycles. The maximum Gasteiger partial charge on any atom is 0.0888 e. The lowest BCUT2D eigenvalue weighted by Gasteiger charge is -2.17. The first-order valence-electron chi connectivity index (χ1n) is 5.10. The van der Waals surface area contributed by atoms with Crippen LogP contribution in [0.3, 0.4) is 0 Å². The summed E-state index contributed by atoms with van der Waals surface area (Å²) in [5.74, 6) is 0. The number of hydrogen-bond donors (Lipinski definition) is 1.